The van der Waals surface area contributed by atoms with Gasteiger partial charge in [0.1, 0.15) is 0 Å². The smallest absolute Gasteiger partial charge is 0.219 e. The number of nitrogens with two attached hydrogens (primary N) is 1. The Bertz CT molecular complexity index is 1090. The molecule has 1 unspecified atom stereocenters. The van der Waals surface area contributed by atoms with E-state index < -0.39 is 24.4 Å². The molecule has 0 aromatic heterocycles. The van der Waals surface area contributed by atoms with E-state index in [-0.39, 0.29) is 9.79 Å². The fourth-order valence-electron chi connectivity index (χ4n) is 2.48. The molecule has 3 aromatic rings. The van der Waals surface area contributed by atoms with Crippen molar-refractivity contribution in [2.45, 2.75) is 14.5 Å². The number of hydrogen-bond donors (Lipinski definition) is 1. The predicted octanol–water partition coefficient (Wildman–Crippen LogP) is 2.33. The van der Waals surface area contributed by atoms with Crippen molar-refractivity contribution < 1.29 is 16.8 Å². The van der Waals surface area contributed by atoms with Crippen LogP contribution >= 0.6 is 0 Å². The second-order valence-corrected chi connectivity index (χ2v) is 9.65. The van der Waals surface area contributed by atoms with Crippen LogP contribution in [0.3, 0.4) is 0 Å². The van der Waals surface area contributed by atoms with Crippen molar-refractivity contribution >= 4 is 30.4 Å². The van der Waals surface area contributed by atoms with E-state index in [4.69, 9.17) is 5.73 Å². The first-order valence-electron chi connectivity index (χ1n) is 7.11. The molecule has 124 valence electrons. The topological polar surface area (TPSA) is 94.3 Å². The van der Waals surface area contributed by atoms with Crippen LogP contribution < -0.4 is 5.73 Å². The summed E-state index contributed by atoms with van der Waals surface area (Å²) in [5.41, 5.74) is 5.71. The van der Waals surface area contributed by atoms with Crippen LogP contribution in [0.5, 0.6) is 0 Å². The molecule has 0 aliphatic heterocycles. The van der Waals surface area contributed by atoms with E-state index in [9.17, 15) is 16.8 Å². The molecule has 7 heteroatoms. The molecule has 5 nitrogen and oxygen atoms in total. The van der Waals surface area contributed by atoms with E-state index >= 15 is 0 Å². The van der Waals surface area contributed by atoms with Crippen molar-refractivity contribution in [3.8, 4) is 0 Å². The lowest BCUT2D eigenvalue weighted by molar-refractivity contribution is 0.576. The van der Waals surface area contributed by atoms with Crippen LogP contribution in [0, 0.1) is 0 Å². The maximum atomic E-state index is 12.9. The molecule has 3 rings (SSSR count). The lowest BCUT2D eigenvalue weighted by Gasteiger charge is -2.15. The molecule has 0 heterocycles. The van der Waals surface area contributed by atoms with Crippen LogP contribution in [0.25, 0.3) is 10.8 Å². The highest BCUT2D eigenvalue weighted by Gasteiger charge is 2.37. The van der Waals surface area contributed by atoms with Crippen molar-refractivity contribution in [3.05, 3.63) is 72.8 Å². The maximum Gasteiger partial charge on any atom is 0.219 e. The van der Waals surface area contributed by atoms with Gasteiger partial charge < -0.3 is 5.73 Å². The maximum absolute atomic E-state index is 12.9. The van der Waals surface area contributed by atoms with Gasteiger partial charge in [-0.25, -0.2) is 16.8 Å². The van der Waals surface area contributed by atoms with Gasteiger partial charge in [-0.2, -0.15) is 0 Å². The molecule has 1 atom stereocenters. The third kappa shape index (κ3) is 2.71. The molecule has 24 heavy (non-hydrogen) atoms. The van der Waals surface area contributed by atoms with Crippen LogP contribution in [0.15, 0.2) is 82.6 Å². The second kappa shape index (κ2) is 6.01. The highest BCUT2D eigenvalue weighted by atomic mass is 32.3. The quantitative estimate of drug-likeness (QED) is 0.770. The average Bonchev–Trinajstić information content (AvgIpc) is 2.61. The van der Waals surface area contributed by atoms with Gasteiger partial charge >= 0.3 is 0 Å². The fourth-order valence-corrected chi connectivity index (χ4v) is 6.27. The molecule has 0 saturated carbocycles. The molecule has 0 radical (unpaired) electrons. The lowest BCUT2D eigenvalue weighted by atomic mass is 10.1. The van der Waals surface area contributed by atoms with Crippen molar-refractivity contribution in [1.29, 1.82) is 0 Å². The van der Waals surface area contributed by atoms with Crippen molar-refractivity contribution in [2.75, 3.05) is 0 Å². The van der Waals surface area contributed by atoms with Crippen molar-refractivity contribution in [1.82, 2.24) is 0 Å². The van der Waals surface area contributed by atoms with Gasteiger partial charge in [0, 0.05) is 5.39 Å². The highest BCUT2D eigenvalue weighted by molar-refractivity contribution is 8.09. The third-order valence-electron chi connectivity index (χ3n) is 3.74. The van der Waals surface area contributed by atoms with Crippen LogP contribution in [0.1, 0.15) is 0 Å². The third-order valence-corrected chi connectivity index (χ3v) is 8.38. The zero-order valence-corrected chi connectivity index (χ0v) is 14.2. The molecule has 0 spiro atoms. The van der Waals surface area contributed by atoms with Crippen LogP contribution in [-0.2, 0) is 19.7 Å². The Morgan fingerprint density at radius 1 is 0.667 bits per heavy atom. The number of sulfone groups is 2. The van der Waals surface area contributed by atoms with Gasteiger partial charge in [-0.3, -0.25) is 0 Å². The second-order valence-electron chi connectivity index (χ2n) is 5.25. The highest BCUT2D eigenvalue weighted by Crippen LogP contribution is 2.28. The van der Waals surface area contributed by atoms with Crippen molar-refractivity contribution in [3.63, 3.8) is 0 Å². The first-order valence-corrected chi connectivity index (χ1v) is 10.2. The fraction of sp³-hybridized carbons (Fsp3) is 0.0588. The van der Waals surface area contributed by atoms with Gasteiger partial charge in [0.25, 0.3) is 0 Å². The molecular formula is C17H15NO4S2. The van der Waals surface area contributed by atoms with E-state index in [1.807, 2.05) is 0 Å². The average molecular weight is 361 g/mol. The van der Waals surface area contributed by atoms with Crippen LogP contribution in [-0.4, -0.2) is 21.5 Å². The molecular weight excluding hydrogens is 346 g/mol. The van der Waals surface area contributed by atoms with E-state index in [0.29, 0.717) is 10.8 Å². The standard InChI is InChI=1S/C17H15NO4S2/c18-17(23(19,20)14-9-2-1-3-10-14)24(21,22)16-12-6-8-13-7-4-5-11-15(13)16/h1-12,17H,18H2. The summed E-state index contributed by atoms with van der Waals surface area (Å²) in [7, 11) is -8.51. The van der Waals surface area contributed by atoms with E-state index in [1.165, 1.54) is 30.3 Å². The summed E-state index contributed by atoms with van der Waals surface area (Å²) in [4.78, 5) is -0.214. The summed E-state index contributed by atoms with van der Waals surface area (Å²) >= 11 is 0. The normalized spacial score (nSPS) is 13.7. The van der Waals surface area contributed by atoms with Crippen molar-refractivity contribution in [2.24, 2.45) is 5.73 Å². The van der Waals surface area contributed by atoms with Gasteiger partial charge in [0.15, 0.2) is 0 Å². The molecule has 3 aromatic carbocycles. The number of rotatable bonds is 4. The van der Waals surface area contributed by atoms with E-state index in [2.05, 4.69) is 0 Å². The summed E-state index contributed by atoms with van der Waals surface area (Å²) in [6.45, 7) is 0. The molecule has 0 fully saturated rings. The summed E-state index contributed by atoms with van der Waals surface area (Å²) in [6, 6.07) is 18.9. The van der Waals surface area contributed by atoms with Gasteiger partial charge in [-0.15, -0.1) is 0 Å². The minimum atomic E-state index is -4.28. The number of benzene rings is 3. The molecule has 0 aliphatic rings. The molecule has 0 aliphatic carbocycles. The Labute approximate surface area is 140 Å². The van der Waals surface area contributed by atoms with Gasteiger partial charge in [-0.05, 0) is 23.6 Å². The lowest BCUT2D eigenvalue weighted by Crippen LogP contribution is -2.38. The summed E-state index contributed by atoms with van der Waals surface area (Å²) < 4.78 is 48.8. The monoisotopic (exact) mass is 361 g/mol. The van der Waals surface area contributed by atoms with Gasteiger partial charge in [-0.1, -0.05) is 54.6 Å². The summed E-state index contributed by atoms with van der Waals surface area (Å²) in [6.07, 6.45) is 0. The minimum Gasteiger partial charge on any atom is -0.302 e. The zero-order chi connectivity index (χ0) is 17.4. The molecule has 0 amide bonds. The summed E-state index contributed by atoms with van der Waals surface area (Å²) in [5, 5.41) is 1.14. The Hall–Kier alpha value is -2.22. The number of hydrogen-bond acceptors (Lipinski definition) is 5. The number of fused-ring (bicyclic) bond motifs is 1. The van der Waals surface area contributed by atoms with Gasteiger partial charge in [0.2, 0.25) is 24.4 Å². The Morgan fingerprint density at radius 3 is 1.96 bits per heavy atom. The molecule has 0 bridgehead atoms. The van der Waals surface area contributed by atoms with E-state index in [0.717, 1.165) is 0 Å². The Balaban J connectivity index is 2.17. The van der Waals surface area contributed by atoms with Crippen LogP contribution in [0.2, 0.25) is 0 Å². The zero-order valence-electron chi connectivity index (χ0n) is 12.5. The minimum absolute atomic E-state index is 0.0902. The molecule has 2 N–H and O–H groups in total. The first kappa shape index (κ1) is 16.6. The van der Waals surface area contributed by atoms with Crippen LogP contribution in [0.4, 0.5) is 0 Å². The first-order chi connectivity index (χ1) is 11.3. The van der Waals surface area contributed by atoms with E-state index in [1.54, 1.807) is 42.5 Å². The van der Waals surface area contributed by atoms with Gasteiger partial charge in [0.05, 0.1) is 9.79 Å². The summed E-state index contributed by atoms with van der Waals surface area (Å²) in [5.74, 6) is 0. The SMILES string of the molecule is NC(S(=O)(=O)c1ccccc1)S(=O)(=O)c1cccc2ccccc12. The Morgan fingerprint density at radius 2 is 1.25 bits per heavy atom. The largest absolute Gasteiger partial charge is 0.302 e. The Kier molecular flexibility index (Phi) is 4.16. The molecule has 0 saturated heterocycles. The predicted molar refractivity (Wildman–Crippen MR) is 92.7 cm³/mol.